The zero-order valence-corrected chi connectivity index (χ0v) is 14.2. The molecule has 0 aromatic heterocycles. The molecule has 2 aliphatic rings. The van der Waals surface area contributed by atoms with Gasteiger partial charge in [0.05, 0.1) is 30.6 Å². The molecule has 0 N–H and O–H groups in total. The van der Waals surface area contributed by atoms with Crippen LogP contribution in [0.15, 0.2) is 47.5 Å². The summed E-state index contributed by atoms with van der Waals surface area (Å²) in [5, 5.41) is 18.3. The average molecular weight is 343 g/mol. The Kier molecular flexibility index (Phi) is 4.16. The topological polar surface area (TPSA) is 78.4 Å². The molecule has 0 unspecified atom stereocenters. The summed E-state index contributed by atoms with van der Waals surface area (Å²) in [6.07, 6.45) is 4.13. The van der Waals surface area contributed by atoms with Gasteiger partial charge in [0.15, 0.2) is 0 Å². The molecule has 0 amide bonds. The van der Waals surface area contributed by atoms with Gasteiger partial charge in [-0.2, -0.15) is 15.5 Å². The lowest BCUT2D eigenvalue weighted by atomic mass is 9.83. The minimum Gasteiger partial charge on any atom is -0.486 e. The van der Waals surface area contributed by atoms with E-state index in [9.17, 15) is 0 Å². The molecule has 1 fully saturated rings. The van der Waals surface area contributed by atoms with Gasteiger partial charge < -0.3 is 9.47 Å². The van der Waals surface area contributed by atoms with E-state index in [0.717, 1.165) is 41.0 Å². The van der Waals surface area contributed by atoms with Crippen molar-refractivity contribution in [2.24, 2.45) is 4.99 Å². The minimum atomic E-state index is -0.330. The van der Waals surface area contributed by atoms with Crippen LogP contribution in [0.5, 0.6) is 5.75 Å². The quantitative estimate of drug-likeness (QED) is 0.737. The van der Waals surface area contributed by atoms with Crippen LogP contribution < -0.4 is 4.74 Å². The number of hydrogen-bond acceptors (Lipinski definition) is 5. The van der Waals surface area contributed by atoms with E-state index < -0.39 is 0 Å². The first-order chi connectivity index (χ1) is 12.7. The number of fused-ring (bicyclic) bond motifs is 1. The van der Waals surface area contributed by atoms with E-state index in [1.807, 2.05) is 42.6 Å². The molecule has 2 aromatic carbocycles. The molecule has 1 spiro atoms. The van der Waals surface area contributed by atoms with E-state index in [4.69, 9.17) is 20.0 Å². The van der Waals surface area contributed by atoms with Gasteiger partial charge >= 0.3 is 0 Å². The van der Waals surface area contributed by atoms with Crippen LogP contribution in [0.25, 0.3) is 11.1 Å². The standard InChI is InChI=1S/C21H17N3O2/c22-13-15-2-1-3-16(10-15)17-4-5-20-18(11-17)19(24-14-23)12-21(26-20)6-8-25-9-7-21/h1-5,10-11H,6-9,12H2/b24-19-. The van der Waals surface area contributed by atoms with E-state index in [-0.39, 0.29) is 5.60 Å². The molecule has 0 bridgehead atoms. The van der Waals surface area contributed by atoms with Gasteiger partial charge in [-0.05, 0) is 35.4 Å². The first-order valence-electron chi connectivity index (χ1n) is 8.60. The Hall–Kier alpha value is -3.15. The lowest BCUT2D eigenvalue weighted by Crippen LogP contribution is -2.46. The highest BCUT2D eigenvalue weighted by molar-refractivity contribution is 6.05. The van der Waals surface area contributed by atoms with Crippen molar-refractivity contribution in [3.63, 3.8) is 0 Å². The summed E-state index contributed by atoms with van der Waals surface area (Å²) in [6, 6.07) is 15.5. The third-order valence-electron chi connectivity index (χ3n) is 5.02. The van der Waals surface area contributed by atoms with Gasteiger partial charge in [0, 0.05) is 24.8 Å². The monoisotopic (exact) mass is 343 g/mol. The van der Waals surface area contributed by atoms with Crippen LogP contribution in [0.4, 0.5) is 0 Å². The molecule has 1 saturated heterocycles. The second-order valence-electron chi connectivity index (χ2n) is 6.64. The molecule has 128 valence electrons. The van der Waals surface area contributed by atoms with E-state index in [2.05, 4.69) is 11.1 Å². The van der Waals surface area contributed by atoms with Crippen molar-refractivity contribution in [1.82, 2.24) is 0 Å². The lowest BCUT2D eigenvalue weighted by Gasteiger charge is -2.41. The van der Waals surface area contributed by atoms with E-state index in [0.29, 0.717) is 25.2 Å². The molecule has 4 rings (SSSR count). The Balaban J connectivity index is 1.77. The van der Waals surface area contributed by atoms with Crippen LogP contribution in [-0.2, 0) is 4.74 Å². The zero-order chi connectivity index (χ0) is 18.0. The van der Waals surface area contributed by atoms with Gasteiger partial charge in [0.1, 0.15) is 11.4 Å². The maximum atomic E-state index is 9.15. The number of aliphatic imine (C=N–C) groups is 1. The number of rotatable bonds is 1. The largest absolute Gasteiger partial charge is 0.486 e. The molecule has 26 heavy (non-hydrogen) atoms. The summed E-state index contributed by atoms with van der Waals surface area (Å²) >= 11 is 0. The molecule has 2 heterocycles. The summed E-state index contributed by atoms with van der Waals surface area (Å²) in [7, 11) is 0. The Labute approximate surface area is 152 Å². The highest BCUT2D eigenvalue weighted by Gasteiger charge is 2.41. The summed E-state index contributed by atoms with van der Waals surface area (Å²) in [5.74, 6) is 0.757. The third kappa shape index (κ3) is 2.94. The van der Waals surface area contributed by atoms with Gasteiger partial charge in [-0.3, -0.25) is 0 Å². The van der Waals surface area contributed by atoms with Crippen molar-refractivity contribution < 1.29 is 9.47 Å². The molecule has 0 radical (unpaired) electrons. The molecular formula is C21H17N3O2. The highest BCUT2D eigenvalue weighted by Crippen LogP contribution is 2.40. The molecule has 0 saturated carbocycles. The summed E-state index contributed by atoms with van der Waals surface area (Å²) in [4.78, 5) is 4.09. The van der Waals surface area contributed by atoms with Crippen molar-refractivity contribution in [3.05, 3.63) is 53.6 Å². The summed E-state index contributed by atoms with van der Waals surface area (Å²) < 4.78 is 11.8. The maximum absolute atomic E-state index is 9.15. The van der Waals surface area contributed by atoms with Crippen LogP contribution in [0.2, 0.25) is 0 Å². The van der Waals surface area contributed by atoms with Gasteiger partial charge in [0.2, 0.25) is 6.19 Å². The van der Waals surface area contributed by atoms with Crippen molar-refractivity contribution in [2.45, 2.75) is 24.9 Å². The molecule has 2 aliphatic heterocycles. The number of benzene rings is 2. The fourth-order valence-corrected chi connectivity index (χ4v) is 3.64. The fourth-order valence-electron chi connectivity index (χ4n) is 3.64. The van der Waals surface area contributed by atoms with Crippen LogP contribution >= 0.6 is 0 Å². The summed E-state index contributed by atoms with van der Waals surface area (Å²) in [6.45, 7) is 1.32. The third-order valence-corrected chi connectivity index (χ3v) is 5.02. The zero-order valence-electron chi connectivity index (χ0n) is 14.2. The van der Waals surface area contributed by atoms with Crippen LogP contribution in [0.1, 0.15) is 30.4 Å². The highest BCUT2D eigenvalue weighted by atomic mass is 16.5. The molecule has 0 aliphatic carbocycles. The molecule has 0 atom stereocenters. The minimum absolute atomic E-state index is 0.330. The summed E-state index contributed by atoms with van der Waals surface area (Å²) in [5.41, 5.74) is 3.82. The first-order valence-corrected chi connectivity index (χ1v) is 8.60. The Morgan fingerprint density at radius 2 is 1.81 bits per heavy atom. The number of nitriles is 2. The predicted octanol–water partition coefficient (Wildman–Crippen LogP) is 3.83. The molecule has 2 aromatic rings. The smallest absolute Gasteiger partial charge is 0.205 e. The van der Waals surface area contributed by atoms with Gasteiger partial charge in [-0.15, -0.1) is 0 Å². The van der Waals surface area contributed by atoms with Gasteiger partial charge in [-0.25, -0.2) is 0 Å². The molecular weight excluding hydrogens is 326 g/mol. The number of hydrogen-bond donors (Lipinski definition) is 0. The average Bonchev–Trinajstić information content (AvgIpc) is 2.68. The van der Waals surface area contributed by atoms with Crippen molar-refractivity contribution in [3.8, 4) is 29.1 Å². The SMILES string of the molecule is N#C/N=C1/CC2(CCOCC2)Oc2ccc(-c3cccc(C#N)c3)cc21. The van der Waals surface area contributed by atoms with Crippen LogP contribution in [0.3, 0.4) is 0 Å². The number of nitrogens with zero attached hydrogens (tertiary/aromatic N) is 3. The van der Waals surface area contributed by atoms with E-state index in [1.165, 1.54) is 0 Å². The van der Waals surface area contributed by atoms with Crippen molar-refractivity contribution in [2.75, 3.05) is 13.2 Å². The molecule has 5 nitrogen and oxygen atoms in total. The van der Waals surface area contributed by atoms with E-state index >= 15 is 0 Å². The fraction of sp³-hybridized carbons (Fsp3) is 0.286. The van der Waals surface area contributed by atoms with Crippen LogP contribution in [-0.4, -0.2) is 24.5 Å². The van der Waals surface area contributed by atoms with Gasteiger partial charge in [0.25, 0.3) is 0 Å². The second-order valence-corrected chi connectivity index (χ2v) is 6.64. The Morgan fingerprint density at radius 1 is 1.00 bits per heavy atom. The number of ether oxygens (including phenoxy) is 2. The first kappa shape index (κ1) is 16.3. The molecule has 5 heteroatoms. The predicted molar refractivity (Wildman–Crippen MR) is 96.8 cm³/mol. The van der Waals surface area contributed by atoms with E-state index in [1.54, 1.807) is 6.07 Å². The maximum Gasteiger partial charge on any atom is 0.205 e. The second kappa shape index (κ2) is 6.63. The lowest BCUT2D eigenvalue weighted by molar-refractivity contribution is -0.0441. The Morgan fingerprint density at radius 3 is 2.58 bits per heavy atom. The Bertz CT molecular complexity index is 960. The van der Waals surface area contributed by atoms with Crippen LogP contribution in [0, 0.1) is 22.8 Å². The van der Waals surface area contributed by atoms with Crippen molar-refractivity contribution in [1.29, 1.82) is 10.5 Å². The normalized spacial score (nSPS) is 19.2. The van der Waals surface area contributed by atoms with Crippen molar-refractivity contribution >= 4 is 5.71 Å². The van der Waals surface area contributed by atoms with Gasteiger partial charge in [-0.1, -0.05) is 18.2 Å².